The molecule has 0 fully saturated rings. The van der Waals surface area contributed by atoms with Crippen LogP contribution in [0.1, 0.15) is 20.3 Å². The first-order chi connectivity index (χ1) is 4.83. The lowest BCUT2D eigenvalue weighted by Gasteiger charge is -1.97. The molecular formula is C9H13N. The molecule has 10 heavy (non-hydrogen) atoms. The Labute approximate surface area is 62.1 Å². The van der Waals surface area contributed by atoms with Crippen LogP contribution in [0.3, 0.4) is 0 Å². The third kappa shape index (κ3) is 1.76. The van der Waals surface area contributed by atoms with Crippen LogP contribution in [0.5, 0.6) is 0 Å². The Kier molecular flexibility index (Phi) is 2.32. The van der Waals surface area contributed by atoms with Crippen LogP contribution >= 0.6 is 0 Å². The lowest BCUT2D eigenvalue weighted by Crippen LogP contribution is -2.00. The van der Waals surface area contributed by atoms with Gasteiger partial charge >= 0.3 is 0 Å². The van der Waals surface area contributed by atoms with Crippen LogP contribution in [0.15, 0.2) is 35.7 Å². The Morgan fingerprint density at radius 3 is 3.00 bits per heavy atom. The molecule has 0 bridgehead atoms. The molecule has 1 N–H and O–H groups in total. The van der Waals surface area contributed by atoms with Crippen LogP contribution in [0.2, 0.25) is 0 Å². The first-order valence-corrected chi connectivity index (χ1v) is 3.63. The molecule has 1 heteroatoms. The van der Waals surface area contributed by atoms with Gasteiger partial charge in [-0.2, -0.15) is 0 Å². The van der Waals surface area contributed by atoms with Gasteiger partial charge in [0.1, 0.15) is 0 Å². The van der Waals surface area contributed by atoms with Crippen LogP contribution < -0.4 is 5.32 Å². The Morgan fingerprint density at radius 1 is 1.50 bits per heavy atom. The Morgan fingerprint density at radius 2 is 2.30 bits per heavy atom. The summed E-state index contributed by atoms with van der Waals surface area (Å²) in [6, 6.07) is 0. The monoisotopic (exact) mass is 135 g/mol. The van der Waals surface area contributed by atoms with E-state index in [1.54, 1.807) is 0 Å². The molecule has 1 nitrogen and oxygen atoms in total. The van der Waals surface area contributed by atoms with Crippen molar-refractivity contribution in [2.75, 3.05) is 0 Å². The maximum absolute atomic E-state index is 3.18. The molecule has 0 radical (unpaired) electrons. The summed E-state index contributed by atoms with van der Waals surface area (Å²) in [6.45, 7) is 4.21. The number of hydrogen-bond acceptors (Lipinski definition) is 1. The predicted molar refractivity (Wildman–Crippen MR) is 44.4 cm³/mol. The Balaban J connectivity index is 2.69. The topological polar surface area (TPSA) is 12.0 Å². The highest BCUT2D eigenvalue weighted by atomic mass is 14.8. The van der Waals surface area contributed by atoms with Gasteiger partial charge in [-0.15, -0.1) is 0 Å². The maximum Gasteiger partial charge on any atom is 0.0115 e. The molecule has 1 rings (SSSR count). The van der Waals surface area contributed by atoms with Gasteiger partial charge in [0.25, 0.3) is 0 Å². The second-order valence-electron chi connectivity index (χ2n) is 2.43. The van der Waals surface area contributed by atoms with Crippen molar-refractivity contribution in [3.63, 3.8) is 0 Å². The fraction of sp³-hybridized carbons (Fsp3) is 0.333. The van der Waals surface area contributed by atoms with Gasteiger partial charge in [-0.25, -0.2) is 0 Å². The molecule has 0 spiro atoms. The third-order valence-corrected chi connectivity index (χ3v) is 1.55. The molecular weight excluding hydrogens is 122 g/mol. The standard InChI is InChI=1S/C9H13N/c1-3-9-6-4-5-8(2)10-7-9/h4-7,10H,3H2,1-2H3. The highest BCUT2D eigenvalue weighted by Gasteiger charge is 1.90. The van der Waals surface area contributed by atoms with E-state index in [1.807, 2.05) is 0 Å². The van der Waals surface area contributed by atoms with Gasteiger partial charge in [-0.1, -0.05) is 19.1 Å². The zero-order valence-corrected chi connectivity index (χ0v) is 6.52. The van der Waals surface area contributed by atoms with Crippen molar-refractivity contribution in [2.24, 2.45) is 0 Å². The van der Waals surface area contributed by atoms with Crippen molar-refractivity contribution < 1.29 is 0 Å². The molecule has 0 atom stereocenters. The lowest BCUT2D eigenvalue weighted by atomic mass is 10.2. The van der Waals surface area contributed by atoms with E-state index in [4.69, 9.17) is 0 Å². The van der Waals surface area contributed by atoms with Crippen LogP contribution in [0, 0.1) is 0 Å². The summed E-state index contributed by atoms with van der Waals surface area (Å²) >= 11 is 0. The van der Waals surface area contributed by atoms with E-state index in [9.17, 15) is 0 Å². The highest BCUT2D eigenvalue weighted by molar-refractivity contribution is 5.27. The molecule has 0 aromatic carbocycles. The Bertz CT molecular complexity index is 197. The fourth-order valence-electron chi connectivity index (χ4n) is 0.839. The van der Waals surface area contributed by atoms with Gasteiger partial charge < -0.3 is 5.32 Å². The molecule has 1 aliphatic rings. The highest BCUT2D eigenvalue weighted by Crippen LogP contribution is 2.05. The largest absolute Gasteiger partial charge is 0.365 e. The van der Waals surface area contributed by atoms with Crippen molar-refractivity contribution >= 4 is 0 Å². The normalized spacial score (nSPS) is 17.0. The summed E-state index contributed by atoms with van der Waals surface area (Å²) < 4.78 is 0. The van der Waals surface area contributed by atoms with Gasteiger partial charge in [0.15, 0.2) is 0 Å². The minimum atomic E-state index is 1.09. The number of allylic oxidation sites excluding steroid dienone is 5. The molecule has 1 heterocycles. The fourth-order valence-corrected chi connectivity index (χ4v) is 0.839. The van der Waals surface area contributed by atoms with Gasteiger partial charge in [0, 0.05) is 11.9 Å². The van der Waals surface area contributed by atoms with Gasteiger partial charge in [0.2, 0.25) is 0 Å². The zero-order valence-electron chi connectivity index (χ0n) is 6.52. The average Bonchev–Trinajstić information content (AvgIpc) is 2.14. The summed E-state index contributed by atoms with van der Waals surface area (Å²) in [5.74, 6) is 0. The molecule has 0 amide bonds. The summed E-state index contributed by atoms with van der Waals surface area (Å²) in [4.78, 5) is 0. The minimum absolute atomic E-state index is 1.09. The Hall–Kier alpha value is -0.980. The van der Waals surface area contributed by atoms with Crippen LogP contribution in [0.4, 0.5) is 0 Å². The van der Waals surface area contributed by atoms with Crippen molar-refractivity contribution in [1.29, 1.82) is 0 Å². The quantitative estimate of drug-likeness (QED) is 0.582. The van der Waals surface area contributed by atoms with Gasteiger partial charge in [-0.05, 0) is 25.0 Å². The van der Waals surface area contributed by atoms with Crippen molar-refractivity contribution in [2.45, 2.75) is 20.3 Å². The van der Waals surface area contributed by atoms with Crippen LogP contribution in [0.25, 0.3) is 0 Å². The molecule has 1 aliphatic heterocycles. The lowest BCUT2D eigenvalue weighted by molar-refractivity contribution is 1.02. The first kappa shape index (κ1) is 7.13. The molecule has 0 aliphatic carbocycles. The summed E-state index contributed by atoms with van der Waals surface area (Å²) in [7, 11) is 0. The zero-order chi connectivity index (χ0) is 7.40. The molecule has 54 valence electrons. The van der Waals surface area contributed by atoms with E-state index in [0.29, 0.717) is 0 Å². The second-order valence-corrected chi connectivity index (χ2v) is 2.43. The minimum Gasteiger partial charge on any atom is -0.365 e. The number of hydrogen-bond donors (Lipinski definition) is 1. The van der Waals surface area contributed by atoms with E-state index in [1.165, 1.54) is 11.3 Å². The molecule has 0 saturated carbocycles. The number of nitrogens with one attached hydrogen (secondary N) is 1. The first-order valence-electron chi connectivity index (χ1n) is 3.63. The number of rotatable bonds is 1. The van der Waals surface area contributed by atoms with Crippen molar-refractivity contribution in [3.8, 4) is 0 Å². The second kappa shape index (κ2) is 3.25. The smallest absolute Gasteiger partial charge is 0.0115 e. The van der Waals surface area contributed by atoms with Crippen molar-refractivity contribution in [1.82, 2.24) is 5.32 Å². The summed E-state index contributed by atoms with van der Waals surface area (Å²) in [6.07, 6.45) is 9.41. The summed E-state index contributed by atoms with van der Waals surface area (Å²) in [5, 5.41) is 3.18. The maximum atomic E-state index is 3.18. The molecule has 0 aromatic rings. The molecule has 0 aromatic heterocycles. The molecule has 0 unspecified atom stereocenters. The van der Waals surface area contributed by atoms with Gasteiger partial charge in [-0.3, -0.25) is 0 Å². The van der Waals surface area contributed by atoms with E-state index in [0.717, 1.165) is 6.42 Å². The van der Waals surface area contributed by atoms with Gasteiger partial charge in [0.05, 0.1) is 0 Å². The van der Waals surface area contributed by atoms with E-state index in [2.05, 4.69) is 43.6 Å². The SMILES string of the molecule is CCC1=CNC(C)=CC=C1. The van der Waals surface area contributed by atoms with E-state index < -0.39 is 0 Å². The molecule has 0 saturated heterocycles. The average molecular weight is 135 g/mol. The van der Waals surface area contributed by atoms with Crippen LogP contribution in [-0.2, 0) is 0 Å². The summed E-state index contributed by atoms with van der Waals surface area (Å²) in [5.41, 5.74) is 2.54. The van der Waals surface area contributed by atoms with Crippen molar-refractivity contribution in [3.05, 3.63) is 35.7 Å². The predicted octanol–water partition coefficient (Wildman–Crippen LogP) is 2.34. The van der Waals surface area contributed by atoms with E-state index >= 15 is 0 Å². The van der Waals surface area contributed by atoms with Crippen LogP contribution in [-0.4, -0.2) is 0 Å². The third-order valence-electron chi connectivity index (χ3n) is 1.55. The van der Waals surface area contributed by atoms with E-state index in [-0.39, 0.29) is 0 Å².